The number of piperidine rings is 1. The third kappa shape index (κ3) is 3.57. The molecule has 0 radical (unpaired) electrons. The second-order valence-corrected chi connectivity index (χ2v) is 9.60. The SMILES string of the molecule is CNC1CCCN(c2c(Br)cnc3[nH]cc(N4C=C([C@H]5CCCN5C)C=CC4)c23)C1. The summed E-state index contributed by atoms with van der Waals surface area (Å²) in [6, 6.07) is 1.05. The maximum atomic E-state index is 4.68. The van der Waals surface area contributed by atoms with Crippen molar-refractivity contribution in [3.05, 3.63) is 40.8 Å². The van der Waals surface area contributed by atoms with Gasteiger partial charge in [0.2, 0.25) is 0 Å². The fraction of sp³-hybridized carbons (Fsp3) is 0.522. The van der Waals surface area contributed by atoms with Gasteiger partial charge in [0, 0.05) is 50.3 Å². The second kappa shape index (κ2) is 8.36. The standard InChI is InChI=1S/C23H31BrN6/c1-25-17-7-4-11-30(15-17)22-18(24)12-26-23-21(22)20(13-27-23)29-10-3-6-16(14-29)19-8-5-9-28(19)2/h3,6,12-14,17,19,25H,4-5,7-11,15H2,1-2H3,(H,26,27)/t17?,19-/m1/s1. The highest BCUT2D eigenvalue weighted by atomic mass is 79.9. The molecular formula is C23H31BrN6. The molecule has 0 bridgehead atoms. The van der Waals surface area contributed by atoms with Gasteiger partial charge >= 0.3 is 0 Å². The van der Waals surface area contributed by atoms with Crippen LogP contribution in [0.2, 0.25) is 0 Å². The highest BCUT2D eigenvalue weighted by Gasteiger charge is 2.28. The normalized spacial score (nSPS) is 25.4. The maximum Gasteiger partial charge on any atom is 0.141 e. The van der Waals surface area contributed by atoms with Gasteiger partial charge in [0.25, 0.3) is 0 Å². The van der Waals surface area contributed by atoms with Crippen molar-refractivity contribution in [2.45, 2.75) is 37.8 Å². The zero-order chi connectivity index (χ0) is 20.7. The van der Waals surface area contributed by atoms with Crippen molar-refractivity contribution in [1.29, 1.82) is 0 Å². The number of pyridine rings is 1. The Kier molecular flexibility index (Phi) is 5.60. The van der Waals surface area contributed by atoms with Gasteiger partial charge in [-0.3, -0.25) is 4.90 Å². The summed E-state index contributed by atoms with van der Waals surface area (Å²) in [7, 11) is 4.31. The van der Waals surface area contributed by atoms with Gasteiger partial charge < -0.3 is 20.1 Å². The first-order valence-corrected chi connectivity index (χ1v) is 11.9. The molecule has 2 aromatic rings. The number of likely N-dealkylation sites (N-methyl/N-ethyl adjacent to an activating group) is 2. The molecule has 6 nitrogen and oxygen atoms in total. The van der Waals surface area contributed by atoms with Gasteiger partial charge in [-0.15, -0.1) is 0 Å². The van der Waals surface area contributed by atoms with Crippen LogP contribution in [0, 0.1) is 0 Å². The Hall–Kier alpha value is -1.83. The Morgan fingerprint density at radius 1 is 1.23 bits per heavy atom. The lowest BCUT2D eigenvalue weighted by Crippen LogP contribution is -2.44. The Morgan fingerprint density at radius 3 is 2.90 bits per heavy atom. The summed E-state index contributed by atoms with van der Waals surface area (Å²) in [5.74, 6) is 0. The van der Waals surface area contributed by atoms with Crippen LogP contribution in [0.5, 0.6) is 0 Å². The van der Waals surface area contributed by atoms with E-state index in [-0.39, 0.29) is 0 Å². The third-order valence-electron chi connectivity index (χ3n) is 6.89. The molecule has 2 aromatic heterocycles. The van der Waals surface area contributed by atoms with Crippen LogP contribution in [0.15, 0.2) is 40.8 Å². The smallest absolute Gasteiger partial charge is 0.141 e. The van der Waals surface area contributed by atoms with Crippen LogP contribution >= 0.6 is 15.9 Å². The highest BCUT2D eigenvalue weighted by Crippen LogP contribution is 2.41. The molecule has 5 rings (SSSR count). The average molecular weight is 471 g/mol. The minimum atomic E-state index is 0.525. The maximum absolute atomic E-state index is 4.68. The molecule has 2 fully saturated rings. The lowest BCUT2D eigenvalue weighted by atomic mass is 10.0. The minimum Gasteiger partial charge on any atom is -0.368 e. The number of nitrogens with zero attached hydrogens (tertiary/aromatic N) is 4. The van der Waals surface area contributed by atoms with E-state index < -0.39 is 0 Å². The third-order valence-corrected chi connectivity index (χ3v) is 7.47. The molecule has 2 saturated heterocycles. The van der Waals surface area contributed by atoms with Gasteiger partial charge in [-0.2, -0.15) is 0 Å². The van der Waals surface area contributed by atoms with Gasteiger partial charge in [0.15, 0.2) is 0 Å². The molecule has 0 aliphatic carbocycles. The van der Waals surface area contributed by atoms with Crippen molar-refractivity contribution >= 4 is 38.3 Å². The molecule has 0 aromatic carbocycles. The first kappa shape index (κ1) is 20.1. The second-order valence-electron chi connectivity index (χ2n) is 8.75. The number of halogens is 1. The number of nitrogens with one attached hydrogen (secondary N) is 2. The van der Waals surface area contributed by atoms with Crippen LogP contribution < -0.4 is 15.1 Å². The van der Waals surface area contributed by atoms with Gasteiger partial charge in [-0.05, 0) is 67.8 Å². The average Bonchev–Trinajstić information content (AvgIpc) is 3.40. The van der Waals surface area contributed by atoms with Crippen LogP contribution in [0.4, 0.5) is 11.4 Å². The number of H-pyrrole nitrogens is 1. The minimum absolute atomic E-state index is 0.525. The molecule has 5 heterocycles. The van der Waals surface area contributed by atoms with E-state index in [4.69, 9.17) is 0 Å². The largest absolute Gasteiger partial charge is 0.368 e. The number of likely N-dealkylation sites (tertiary alicyclic amines) is 1. The Morgan fingerprint density at radius 2 is 2.10 bits per heavy atom. The zero-order valence-electron chi connectivity index (χ0n) is 17.9. The first-order chi connectivity index (χ1) is 14.7. The summed E-state index contributed by atoms with van der Waals surface area (Å²) >= 11 is 3.82. The monoisotopic (exact) mass is 470 g/mol. The van der Waals surface area contributed by atoms with E-state index >= 15 is 0 Å². The fourth-order valence-corrected chi connectivity index (χ4v) is 5.82. The molecule has 0 amide bonds. The molecule has 0 saturated carbocycles. The van der Waals surface area contributed by atoms with E-state index in [0.29, 0.717) is 12.1 Å². The van der Waals surface area contributed by atoms with E-state index in [1.165, 1.54) is 54.6 Å². The Balaban J connectivity index is 1.55. The van der Waals surface area contributed by atoms with Crippen molar-refractivity contribution in [3.8, 4) is 0 Å². The van der Waals surface area contributed by atoms with E-state index in [2.05, 4.69) is 84.6 Å². The molecule has 3 aliphatic rings. The number of aromatic nitrogens is 2. The van der Waals surface area contributed by atoms with Crippen molar-refractivity contribution < 1.29 is 0 Å². The molecule has 1 unspecified atom stereocenters. The summed E-state index contributed by atoms with van der Waals surface area (Å²) in [5.41, 5.74) is 4.84. The molecule has 3 aliphatic heterocycles. The fourth-order valence-electron chi connectivity index (χ4n) is 5.27. The van der Waals surface area contributed by atoms with E-state index in [1.54, 1.807) is 0 Å². The van der Waals surface area contributed by atoms with Crippen LogP contribution in [0.3, 0.4) is 0 Å². The summed E-state index contributed by atoms with van der Waals surface area (Å²) in [6.45, 7) is 4.17. The van der Waals surface area contributed by atoms with Crippen LogP contribution in [0.25, 0.3) is 11.0 Å². The molecule has 30 heavy (non-hydrogen) atoms. The van der Waals surface area contributed by atoms with Crippen molar-refractivity contribution in [2.75, 3.05) is 50.1 Å². The molecule has 0 spiro atoms. The van der Waals surface area contributed by atoms with Crippen molar-refractivity contribution in [2.24, 2.45) is 0 Å². The predicted molar refractivity (Wildman–Crippen MR) is 128 cm³/mol. The molecule has 2 atom stereocenters. The Labute approximate surface area is 187 Å². The quantitative estimate of drug-likeness (QED) is 0.709. The molecule has 2 N–H and O–H groups in total. The van der Waals surface area contributed by atoms with Gasteiger partial charge in [0.05, 0.1) is 21.2 Å². The number of anilines is 2. The van der Waals surface area contributed by atoms with E-state index in [0.717, 1.165) is 29.8 Å². The molecule has 160 valence electrons. The number of hydrogen-bond donors (Lipinski definition) is 2. The zero-order valence-corrected chi connectivity index (χ0v) is 19.5. The van der Waals surface area contributed by atoms with Crippen LogP contribution in [-0.4, -0.2) is 67.2 Å². The number of aromatic amines is 1. The summed E-state index contributed by atoms with van der Waals surface area (Å²) in [5, 5.41) is 4.68. The summed E-state index contributed by atoms with van der Waals surface area (Å²) in [6.07, 6.45) is 16.0. The first-order valence-electron chi connectivity index (χ1n) is 11.1. The number of hydrogen-bond acceptors (Lipinski definition) is 5. The number of rotatable bonds is 4. The molecule has 7 heteroatoms. The van der Waals surface area contributed by atoms with Crippen LogP contribution in [0.1, 0.15) is 25.7 Å². The van der Waals surface area contributed by atoms with E-state index in [1.807, 2.05) is 6.20 Å². The van der Waals surface area contributed by atoms with Gasteiger partial charge in [-0.1, -0.05) is 12.2 Å². The van der Waals surface area contributed by atoms with Crippen molar-refractivity contribution in [1.82, 2.24) is 20.2 Å². The molecular weight excluding hydrogens is 440 g/mol. The lowest BCUT2D eigenvalue weighted by Gasteiger charge is -2.35. The highest BCUT2D eigenvalue weighted by molar-refractivity contribution is 9.10. The van der Waals surface area contributed by atoms with E-state index in [9.17, 15) is 0 Å². The summed E-state index contributed by atoms with van der Waals surface area (Å²) in [4.78, 5) is 15.5. The lowest BCUT2D eigenvalue weighted by molar-refractivity contribution is 0.348. The Bertz CT molecular complexity index is 979. The van der Waals surface area contributed by atoms with Gasteiger partial charge in [-0.25, -0.2) is 4.98 Å². The predicted octanol–water partition coefficient (Wildman–Crippen LogP) is 3.87. The van der Waals surface area contributed by atoms with Crippen molar-refractivity contribution in [3.63, 3.8) is 0 Å². The van der Waals surface area contributed by atoms with Crippen LogP contribution in [-0.2, 0) is 0 Å². The summed E-state index contributed by atoms with van der Waals surface area (Å²) < 4.78 is 1.07. The topological polar surface area (TPSA) is 50.4 Å². The van der Waals surface area contributed by atoms with Gasteiger partial charge in [0.1, 0.15) is 5.65 Å². The number of fused-ring (bicyclic) bond motifs is 1.